The van der Waals surface area contributed by atoms with E-state index < -0.39 is 12.1 Å². The van der Waals surface area contributed by atoms with Crippen LogP contribution >= 0.6 is 0 Å². The van der Waals surface area contributed by atoms with E-state index in [-0.39, 0.29) is 24.7 Å². The molecule has 144 valence electrons. The van der Waals surface area contributed by atoms with Gasteiger partial charge in [0.25, 0.3) is 5.91 Å². The van der Waals surface area contributed by atoms with E-state index in [1.807, 2.05) is 6.07 Å². The summed E-state index contributed by atoms with van der Waals surface area (Å²) < 4.78 is 5.16. The van der Waals surface area contributed by atoms with E-state index in [0.29, 0.717) is 23.6 Å². The van der Waals surface area contributed by atoms with Gasteiger partial charge in [-0.3, -0.25) is 4.79 Å². The van der Waals surface area contributed by atoms with Crippen LogP contribution in [0, 0.1) is 0 Å². The van der Waals surface area contributed by atoms with E-state index in [1.165, 1.54) is 0 Å². The number of anilines is 1. The Labute approximate surface area is 157 Å². The molecule has 0 radical (unpaired) electrons. The third-order valence-electron chi connectivity index (χ3n) is 5.24. The largest absolute Gasteiger partial charge is 0.393 e. The van der Waals surface area contributed by atoms with Crippen molar-refractivity contribution >= 4 is 22.8 Å². The number of hydrogen-bond acceptors (Lipinski definition) is 7. The van der Waals surface area contributed by atoms with E-state index in [4.69, 9.17) is 4.74 Å². The Morgan fingerprint density at radius 2 is 1.96 bits per heavy atom. The molecule has 2 aliphatic rings. The fraction of sp³-hybridized carbons (Fsp3) is 0.526. The second-order valence-corrected chi connectivity index (χ2v) is 7.30. The highest BCUT2D eigenvalue weighted by Crippen LogP contribution is 2.22. The maximum Gasteiger partial charge on any atom is 0.251 e. The van der Waals surface area contributed by atoms with Crippen molar-refractivity contribution in [1.29, 1.82) is 0 Å². The summed E-state index contributed by atoms with van der Waals surface area (Å²) in [6, 6.07) is 5.12. The molecular weight excluding hydrogens is 348 g/mol. The predicted octanol–water partition coefficient (Wildman–Crippen LogP) is 0.835. The lowest BCUT2D eigenvalue weighted by molar-refractivity contribution is 0.0886. The fourth-order valence-electron chi connectivity index (χ4n) is 3.57. The van der Waals surface area contributed by atoms with Crippen molar-refractivity contribution in [1.82, 2.24) is 15.3 Å². The number of aliphatic hydroxyl groups is 2. The van der Waals surface area contributed by atoms with E-state index in [1.54, 1.807) is 18.3 Å². The van der Waals surface area contributed by atoms with E-state index in [2.05, 4.69) is 20.6 Å². The first kappa shape index (κ1) is 18.1. The summed E-state index contributed by atoms with van der Waals surface area (Å²) >= 11 is 0. The fourth-order valence-corrected chi connectivity index (χ4v) is 3.57. The number of nitrogens with one attached hydrogen (secondary N) is 2. The van der Waals surface area contributed by atoms with Crippen LogP contribution in [0.25, 0.3) is 10.9 Å². The molecule has 0 unspecified atom stereocenters. The summed E-state index contributed by atoms with van der Waals surface area (Å²) in [7, 11) is 0. The number of carbonyl (C=O) groups excluding carboxylic acids is 1. The van der Waals surface area contributed by atoms with Gasteiger partial charge in [0.15, 0.2) is 0 Å². The van der Waals surface area contributed by atoms with Crippen LogP contribution in [0.15, 0.2) is 24.4 Å². The molecule has 2 heterocycles. The highest BCUT2D eigenvalue weighted by molar-refractivity contribution is 5.98. The van der Waals surface area contributed by atoms with Crippen LogP contribution in [0.2, 0.25) is 0 Å². The molecule has 4 N–H and O–H groups in total. The highest BCUT2D eigenvalue weighted by Gasteiger charge is 2.28. The van der Waals surface area contributed by atoms with Gasteiger partial charge in [0, 0.05) is 23.2 Å². The maximum atomic E-state index is 12.5. The highest BCUT2D eigenvalue weighted by atomic mass is 16.5. The average molecular weight is 372 g/mol. The number of hydrogen-bond donors (Lipinski definition) is 4. The zero-order valence-electron chi connectivity index (χ0n) is 15.0. The maximum absolute atomic E-state index is 12.5. The normalized spacial score (nSPS) is 28.2. The lowest BCUT2D eigenvalue weighted by atomic mass is 9.93. The van der Waals surface area contributed by atoms with Crippen LogP contribution in [0.5, 0.6) is 0 Å². The molecular formula is C19H24N4O4. The number of rotatable bonds is 4. The molecule has 1 amide bonds. The van der Waals surface area contributed by atoms with Crippen molar-refractivity contribution in [2.24, 2.45) is 0 Å². The SMILES string of the molecule is O=C(N[C@@H]1COC[C@H]1O)c1ccc2cnc(N[C@H]3CC[C@H](O)CC3)nc2c1. The molecule has 0 spiro atoms. The Morgan fingerprint density at radius 1 is 1.15 bits per heavy atom. The minimum absolute atomic E-state index is 0.203. The van der Waals surface area contributed by atoms with Crippen molar-refractivity contribution in [3.05, 3.63) is 30.0 Å². The monoisotopic (exact) mass is 372 g/mol. The quantitative estimate of drug-likeness (QED) is 0.628. The number of carbonyl (C=O) groups is 1. The Balaban J connectivity index is 1.48. The Hall–Kier alpha value is -2.29. The van der Waals surface area contributed by atoms with Crippen LogP contribution in [-0.4, -0.2) is 63.6 Å². The van der Waals surface area contributed by atoms with Crippen LogP contribution in [0.3, 0.4) is 0 Å². The molecule has 2 fully saturated rings. The van der Waals surface area contributed by atoms with Gasteiger partial charge in [-0.25, -0.2) is 9.97 Å². The van der Waals surface area contributed by atoms with Gasteiger partial charge in [0.05, 0.1) is 37.0 Å². The molecule has 1 aromatic carbocycles. The van der Waals surface area contributed by atoms with Crippen molar-refractivity contribution in [3.63, 3.8) is 0 Å². The summed E-state index contributed by atoms with van der Waals surface area (Å²) in [4.78, 5) is 21.4. The predicted molar refractivity (Wildman–Crippen MR) is 99.5 cm³/mol. The Morgan fingerprint density at radius 3 is 2.70 bits per heavy atom. The molecule has 8 nitrogen and oxygen atoms in total. The van der Waals surface area contributed by atoms with Crippen molar-refractivity contribution in [2.75, 3.05) is 18.5 Å². The minimum atomic E-state index is -0.679. The third kappa shape index (κ3) is 4.18. The van der Waals surface area contributed by atoms with Gasteiger partial charge in [-0.05, 0) is 37.8 Å². The standard InChI is InChI=1S/C19H24N4O4/c24-14-5-3-13(4-6-14)21-19-20-8-12-2-1-11(7-15(12)23-19)18(26)22-16-9-27-10-17(16)25/h1-2,7-8,13-14,16-17,24-25H,3-6,9-10H2,(H,22,26)(H,20,21,23)/t13-,14-,16-,17-/m1/s1. The first-order valence-electron chi connectivity index (χ1n) is 9.36. The van der Waals surface area contributed by atoms with Gasteiger partial charge in [0.2, 0.25) is 5.95 Å². The van der Waals surface area contributed by atoms with E-state index in [9.17, 15) is 15.0 Å². The van der Waals surface area contributed by atoms with Crippen LogP contribution in [-0.2, 0) is 4.74 Å². The number of aromatic nitrogens is 2. The molecule has 27 heavy (non-hydrogen) atoms. The molecule has 1 saturated carbocycles. The van der Waals surface area contributed by atoms with Gasteiger partial charge in [-0.2, -0.15) is 0 Å². The number of amides is 1. The lowest BCUT2D eigenvalue weighted by Gasteiger charge is -2.26. The van der Waals surface area contributed by atoms with Gasteiger partial charge in [0.1, 0.15) is 0 Å². The van der Waals surface area contributed by atoms with Crippen LogP contribution < -0.4 is 10.6 Å². The van der Waals surface area contributed by atoms with Crippen molar-refractivity contribution in [3.8, 4) is 0 Å². The zero-order valence-corrected chi connectivity index (χ0v) is 15.0. The van der Waals surface area contributed by atoms with Gasteiger partial charge in [-0.15, -0.1) is 0 Å². The Bertz CT molecular complexity index is 822. The van der Waals surface area contributed by atoms with Crippen molar-refractivity contribution < 1.29 is 19.7 Å². The van der Waals surface area contributed by atoms with Gasteiger partial charge in [-0.1, -0.05) is 6.07 Å². The Kier molecular flexibility index (Phi) is 5.20. The zero-order chi connectivity index (χ0) is 18.8. The van der Waals surface area contributed by atoms with Gasteiger partial charge < -0.3 is 25.6 Å². The van der Waals surface area contributed by atoms with Crippen LogP contribution in [0.1, 0.15) is 36.0 Å². The molecule has 1 aromatic heterocycles. The molecule has 1 aliphatic heterocycles. The van der Waals surface area contributed by atoms with Gasteiger partial charge >= 0.3 is 0 Å². The summed E-state index contributed by atoms with van der Waals surface area (Å²) in [6.45, 7) is 0.552. The average Bonchev–Trinajstić information content (AvgIpc) is 3.07. The molecule has 1 saturated heterocycles. The van der Waals surface area contributed by atoms with E-state index >= 15 is 0 Å². The molecule has 1 aliphatic carbocycles. The second kappa shape index (κ2) is 7.75. The summed E-state index contributed by atoms with van der Waals surface area (Å²) in [5.74, 6) is 0.266. The smallest absolute Gasteiger partial charge is 0.251 e. The molecule has 2 aromatic rings. The van der Waals surface area contributed by atoms with Crippen molar-refractivity contribution in [2.45, 2.75) is 50.0 Å². The number of nitrogens with zero attached hydrogens (tertiary/aromatic N) is 2. The lowest BCUT2D eigenvalue weighted by Crippen LogP contribution is -2.42. The number of benzene rings is 1. The third-order valence-corrected chi connectivity index (χ3v) is 5.24. The topological polar surface area (TPSA) is 117 Å². The molecule has 8 heteroatoms. The van der Waals surface area contributed by atoms with E-state index in [0.717, 1.165) is 31.1 Å². The molecule has 2 atom stereocenters. The second-order valence-electron chi connectivity index (χ2n) is 7.30. The summed E-state index contributed by atoms with van der Waals surface area (Å²) in [5, 5.41) is 26.4. The molecule has 0 bridgehead atoms. The number of ether oxygens (including phenoxy) is 1. The van der Waals surface area contributed by atoms with Crippen LogP contribution in [0.4, 0.5) is 5.95 Å². The number of fused-ring (bicyclic) bond motifs is 1. The minimum Gasteiger partial charge on any atom is -0.393 e. The first-order chi connectivity index (χ1) is 13.1. The first-order valence-corrected chi connectivity index (χ1v) is 9.36. The number of aliphatic hydroxyl groups excluding tert-OH is 2. The molecule has 4 rings (SSSR count). The summed E-state index contributed by atoms with van der Waals surface area (Å²) in [5.41, 5.74) is 1.16. The summed E-state index contributed by atoms with van der Waals surface area (Å²) in [6.07, 6.45) is 4.19.